The first kappa shape index (κ1) is 28.0. The molecule has 4 aromatic carbocycles. The molecular weight excluding hydrogens is 661 g/mol. The number of benzene rings is 4. The minimum absolute atomic E-state index is 0. The van der Waals surface area contributed by atoms with Crippen LogP contribution in [-0.2, 0) is 24.9 Å². The van der Waals surface area contributed by atoms with Crippen LogP contribution in [-0.4, -0.2) is 20.4 Å². The topological polar surface area (TPSA) is 55.1 Å². The number of carbonyl (C=O) groups excluding carboxylic acids is 1. The number of aromatic nitrogens is 2. The summed E-state index contributed by atoms with van der Waals surface area (Å²) in [5, 5.41) is 12.1. The molecule has 197 valence electrons. The van der Waals surface area contributed by atoms with Gasteiger partial charge in [0.05, 0.1) is 16.8 Å². The summed E-state index contributed by atoms with van der Waals surface area (Å²) in [6.07, 6.45) is 1.17. The Morgan fingerprint density at radius 2 is 1.56 bits per heavy atom. The predicted octanol–water partition coefficient (Wildman–Crippen LogP) is 8.45. The van der Waals surface area contributed by atoms with Crippen LogP contribution in [0.3, 0.4) is 0 Å². The minimum atomic E-state index is -0.125. The van der Waals surface area contributed by atoms with Crippen molar-refractivity contribution >= 4 is 38.5 Å². The second kappa shape index (κ2) is 11.8. The van der Waals surface area contributed by atoms with Crippen LogP contribution in [0.1, 0.15) is 25.0 Å². The molecular formula is C34H29IrN2O2-. The molecule has 0 bridgehead atoms. The monoisotopic (exact) mass is 690 g/mol. The predicted molar refractivity (Wildman–Crippen MR) is 157 cm³/mol. The zero-order chi connectivity index (χ0) is 26.8. The van der Waals surface area contributed by atoms with Gasteiger partial charge >= 0.3 is 0 Å². The largest absolute Gasteiger partial charge is 0.512 e. The molecule has 1 N–H and O–H groups in total. The number of aliphatic hydroxyl groups is 1. The number of rotatable bonds is 3. The van der Waals surface area contributed by atoms with E-state index >= 15 is 0 Å². The van der Waals surface area contributed by atoms with Gasteiger partial charge in [-0.05, 0) is 57.5 Å². The summed E-state index contributed by atoms with van der Waals surface area (Å²) < 4.78 is 2.38. The molecule has 5 heteroatoms. The Bertz CT molecular complexity index is 1820. The number of pyridine rings is 1. The molecule has 0 atom stereocenters. The van der Waals surface area contributed by atoms with E-state index in [2.05, 4.69) is 103 Å². The van der Waals surface area contributed by atoms with E-state index in [-0.39, 0.29) is 31.6 Å². The van der Waals surface area contributed by atoms with Crippen LogP contribution in [0.5, 0.6) is 0 Å². The van der Waals surface area contributed by atoms with Crippen LogP contribution in [0, 0.1) is 19.9 Å². The number of allylic oxidation sites excluding steroid dienone is 2. The van der Waals surface area contributed by atoms with Crippen LogP contribution in [0.4, 0.5) is 0 Å². The van der Waals surface area contributed by atoms with Gasteiger partial charge in [0.25, 0.3) is 0 Å². The second-order valence-electron chi connectivity index (χ2n) is 9.52. The molecule has 0 saturated heterocycles. The van der Waals surface area contributed by atoms with E-state index in [1.165, 1.54) is 52.7 Å². The van der Waals surface area contributed by atoms with Crippen molar-refractivity contribution in [1.29, 1.82) is 0 Å². The summed E-state index contributed by atoms with van der Waals surface area (Å²) in [6.45, 7) is 7.23. The molecule has 2 heterocycles. The smallest absolute Gasteiger partial charge is 0.155 e. The van der Waals surface area contributed by atoms with Gasteiger partial charge in [0.1, 0.15) is 0 Å². The maximum atomic E-state index is 10.0. The quantitative estimate of drug-likeness (QED) is 0.115. The number of fused-ring (bicyclic) bond motifs is 5. The number of hydrogen-bond acceptors (Lipinski definition) is 3. The number of nitrogens with zero attached hydrogens (tertiary/aromatic N) is 2. The molecule has 0 aliphatic carbocycles. The van der Waals surface area contributed by atoms with E-state index in [1.54, 1.807) is 0 Å². The molecule has 1 radical (unpaired) electrons. The van der Waals surface area contributed by atoms with Gasteiger partial charge in [-0.1, -0.05) is 48.0 Å². The van der Waals surface area contributed by atoms with Crippen molar-refractivity contribution in [2.45, 2.75) is 27.7 Å². The van der Waals surface area contributed by atoms with E-state index < -0.39 is 0 Å². The first-order valence-corrected chi connectivity index (χ1v) is 12.6. The molecule has 6 rings (SSSR count). The first-order valence-electron chi connectivity index (χ1n) is 12.6. The molecule has 0 amide bonds. The van der Waals surface area contributed by atoms with E-state index in [0.717, 1.165) is 28.0 Å². The van der Waals surface area contributed by atoms with Gasteiger partial charge in [-0.3, -0.25) is 9.78 Å². The van der Waals surface area contributed by atoms with Crippen LogP contribution in [0.15, 0.2) is 103 Å². The fraction of sp³-hybridized carbons (Fsp3) is 0.118. The Morgan fingerprint density at radius 1 is 0.872 bits per heavy atom. The summed E-state index contributed by atoms with van der Waals surface area (Å²) in [7, 11) is 0. The van der Waals surface area contributed by atoms with Gasteiger partial charge in [0.15, 0.2) is 5.78 Å². The summed E-state index contributed by atoms with van der Waals surface area (Å²) in [4.78, 5) is 15.2. The van der Waals surface area contributed by atoms with Gasteiger partial charge < -0.3 is 9.67 Å². The molecule has 39 heavy (non-hydrogen) atoms. The van der Waals surface area contributed by atoms with Crippen LogP contribution in [0.2, 0.25) is 0 Å². The number of hydrogen-bond donors (Lipinski definition) is 1. The van der Waals surface area contributed by atoms with E-state index in [4.69, 9.17) is 10.1 Å². The molecule has 4 nitrogen and oxygen atoms in total. The zero-order valence-corrected chi connectivity index (χ0v) is 24.7. The first-order chi connectivity index (χ1) is 18.3. The number of para-hydroxylation sites is 2. The summed E-state index contributed by atoms with van der Waals surface area (Å²) >= 11 is 0. The normalized spacial score (nSPS) is 11.2. The molecule has 0 spiro atoms. The third kappa shape index (κ3) is 5.56. The standard InChI is InChI=1S/C29H21N2.C5H8O2.Ir/c1-19-17-20(2)28-24(18-19)26-23-15-9-10-16-25(23)30-27(21-11-5-3-6-12-21)29(26)31(28)22-13-7-4-8-14-22;1-4(6)3-5(2)7;/h3-11,13-18H,1-2H3;3,6H,1-2H3;/q-1;;/b;4-3-;. The van der Waals surface area contributed by atoms with Crippen LogP contribution >= 0.6 is 0 Å². The summed E-state index contributed by atoms with van der Waals surface area (Å²) in [5.41, 5.74) is 9.03. The molecule has 0 aliphatic rings. The molecule has 0 saturated carbocycles. The minimum Gasteiger partial charge on any atom is -0.512 e. The Balaban J connectivity index is 0.000000394. The van der Waals surface area contributed by atoms with Crippen molar-refractivity contribution in [3.8, 4) is 16.9 Å². The van der Waals surface area contributed by atoms with Gasteiger partial charge in [-0.25, -0.2) is 0 Å². The van der Waals surface area contributed by atoms with Crippen molar-refractivity contribution in [2.24, 2.45) is 0 Å². The number of ketones is 1. The van der Waals surface area contributed by atoms with Gasteiger partial charge in [-0.15, -0.1) is 35.9 Å². The average Bonchev–Trinajstić information content (AvgIpc) is 3.24. The Hall–Kier alpha value is -4.05. The van der Waals surface area contributed by atoms with Crippen molar-refractivity contribution in [2.75, 3.05) is 0 Å². The second-order valence-corrected chi connectivity index (χ2v) is 9.52. The SMILES string of the molecule is CC(=O)/C=C(/C)O.Cc1cc(C)c2c(c1)c1c3ccccc3nc(-c3[c-]cccc3)c1n2-c1ccccc1.[Ir]. The van der Waals surface area contributed by atoms with E-state index in [9.17, 15) is 4.79 Å². The molecule has 6 aromatic rings. The fourth-order valence-corrected chi connectivity index (χ4v) is 5.11. The van der Waals surface area contributed by atoms with E-state index in [1.807, 2.05) is 12.1 Å². The summed E-state index contributed by atoms with van der Waals surface area (Å²) in [5.74, 6) is -0.0625. The Kier molecular flexibility index (Phi) is 8.44. The average molecular weight is 690 g/mol. The number of aryl methyl sites for hydroxylation is 2. The fourth-order valence-electron chi connectivity index (χ4n) is 5.11. The van der Waals surface area contributed by atoms with Gasteiger partial charge in [0, 0.05) is 59.2 Å². The van der Waals surface area contributed by atoms with Crippen molar-refractivity contribution < 1.29 is 30.0 Å². The molecule has 0 aliphatic heterocycles. The molecule has 0 fully saturated rings. The summed E-state index contributed by atoms with van der Waals surface area (Å²) in [6, 6.07) is 35.2. The number of carbonyl (C=O) groups is 1. The van der Waals surface area contributed by atoms with Gasteiger partial charge in [0.2, 0.25) is 0 Å². The van der Waals surface area contributed by atoms with E-state index in [0.29, 0.717) is 0 Å². The molecule has 2 aromatic heterocycles. The van der Waals surface area contributed by atoms with Crippen LogP contribution < -0.4 is 0 Å². The maximum Gasteiger partial charge on any atom is 0.155 e. The molecule has 0 unspecified atom stereocenters. The van der Waals surface area contributed by atoms with Gasteiger partial charge in [-0.2, -0.15) is 0 Å². The van der Waals surface area contributed by atoms with Crippen molar-refractivity contribution in [1.82, 2.24) is 9.55 Å². The third-order valence-corrected chi connectivity index (χ3v) is 6.42. The number of aliphatic hydroxyl groups excluding tert-OH is 1. The van der Waals surface area contributed by atoms with Crippen molar-refractivity contribution in [3.63, 3.8) is 0 Å². The third-order valence-electron chi connectivity index (χ3n) is 6.42. The van der Waals surface area contributed by atoms with Crippen LogP contribution in [0.25, 0.3) is 49.7 Å². The zero-order valence-electron chi connectivity index (χ0n) is 22.3. The maximum absolute atomic E-state index is 10.0. The van der Waals surface area contributed by atoms with Crippen molar-refractivity contribution in [3.05, 3.63) is 120 Å². The Morgan fingerprint density at radius 3 is 2.21 bits per heavy atom. The Labute approximate surface area is 242 Å².